The predicted molar refractivity (Wildman–Crippen MR) is 66.4 cm³/mol. The first-order valence-electron chi connectivity index (χ1n) is 6.89. The molecular weight excluding hydrogens is 264 g/mol. The third kappa shape index (κ3) is 1.26. The molecule has 4 rings (SSSR count). The smallest absolute Gasteiger partial charge is 0.136 e. The minimum Gasteiger partial charge on any atom is -0.299 e. The zero-order chi connectivity index (χ0) is 10.9. The summed E-state index contributed by atoms with van der Waals surface area (Å²) in [6, 6.07) is 0. The molecule has 0 aromatic rings. The first-order valence-corrected chi connectivity index (χ1v) is 7.80. The molecule has 4 bridgehead atoms. The summed E-state index contributed by atoms with van der Waals surface area (Å²) in [4.78, 5) is 12.9. The lowest BCUT2D eigenvalue weighted by molar-refractivity contribution is -0.141. The highest BCUT2D eigenvalue weighted by molar-refractivity contribution is 9.09. The summed E-state index contributed by atoms with van der Waals surface area (Å²) < 4.78 is 0. The second-order valence-corrected chi connectivity index (χ2v) is 7.87. The third-order valence-electron chi connectivity index (χ3n) is 5.95. The van der Waals surface area contributed by atoms with Crippen LogP contribution >= 0.6 is 15.9 Å². The first kappa shape index (κ1) is 10.1. The Morgan fingerprint density at radius 1 is 0.875 bits per heavy atom. The fourth-order valence-electron chi connectivity index (χ4n) is 5.43. The van der Waals surface area contributed by atoms with E-state index < -0.39 is 0 Å². The SMILES string of the molecule is O=C1CC2CC3C1CC1CC3C(C2)[C@@H](Br)C1. The van der Waals surface area contributed by atoms with Crippen LogP contribution in [-0.4, -0.2) is 10.6 Å². The van der Waals surface area contributed by atoms with Gasteiger partial charge in [0.05, 0.1) is 0 Å². The Morgan fingerprint density at radius 2 is 1.62 bits per heavy atom. The monoisotopic (exact) mass is 282 g/mol. The van der Waals surface area contributed by atoms with Crippen LogP contribution in [0, 0.1) is 35.5 Å². The second-order valence-electron chi connectivity index (χ2n) is 6.70. The van der Waals surface area contributed by atoms with Gasteiger partial charge in [-0.2, -0.15) is 0 Å². The number of carbonyl (C=O) groups excluding carboxylic acids is 1. The van der Waals surface area contributed by atoms with E-state index in [0.29, 0.717) is 11.7 Å². The second kappa shape index (κ2) is 3.34. The number of hydrogen-bond acceptors (Lipinski definition) is 1. The molecule has 0 heterocycles. The van der Waals surface area contributed by atoms with E-state index in [1.807, 2.05) is 0 Å². The van der Waals surface area contributed by atoms with Crippen LogP contribution in [0.25, 0.3) is 0 Å². The maximum absolute atomic E-state index is 12.2. The average Bonchev–Trinajstić information content (AvgIpc) is 2.27. The topological polar surface area (TPSA) is 17.1 Å². The summed E-state index contributed by atoms with van der Waals surface area (Å²) >= 11 is 3.93. The predicted octanol–water partition coefficient (Wildman–Crippen LogP) is 3.41. The molecule has 6 unspecified atom stereocenters. The van der Waals surface area contributed by atoms with Crippen LogP contribution in [0.5, 0.6) is 0 Å². The fourth-order valence-corrected chi connectivity index (χ4v) is 6.57. The maximum Gasteiger partial charge on any atom is 0.136 e. The Bertz CT molecular complexity index is 340. The van der Waals surface area contributed by atoms with E-state index in [0.717, 1.165) is 40.8 Å². The van der Waals surface area contributed by atoms with Gasteiger partial charge in [0, 0.05) is 17.2 Å². The van der Waals surface area contributed by atoms with E-state index in [-0.39, 0.29) is 0 Å². The van der Waals surface area contributed by atoms with Gasteiger partial charge in [0.25, 0.3) is 0 Å². The molecule has 4 fully saturated rings. The lowest BCUT2D eigenvalue weighted by Gasteiger charge is -2.57. The average molecular weight is 283 g/mol. The minimum atomic E-state index is 0.475. The molecule has 0 radical (unpaired) electrons. The molecule has 0 saturated heterocycles. The molecule has 2 heteroatoms. The van der Waals surface area contributed by atoms with E-state index in [1.54, 1.807) is 0 Å². The Morgan fingerprint density at radius 3 is 2.50 bits per heavy atom. The number of hydrogen-bond donors (Lipinski definition) is 0. The van der Waals surface area contributed by atoms with Crippen LogP contribution in [0.1, 0.15) is 38.5 Å². The van der Waals surface area contributed by atoms with Crippen molar-refractivity contribution in [2.45, 2.75) is 43.4 Å². The molecular formula is C14H19BrO. The lowest BCUT2D eigenvalue weighted by atomic mass is 9.48. The van der Waals surface area contributed by atoms with Gasteiger partial charge >= 0.3 is 0 Å². The molecule has 1 nitrogen and oxygen atoms in total. The van der Waals surface area contributed by atoms with E-state index in [2.05, 4.69) is 15.9 Å². The van der Waals surface area contributed by atoms with Crippen LogP contribution < -0.4 is 0 Å². The highest BCUT2D eigenvalue weighted by Gasteiger charge is 2.54. The van der Waals surface area contributed by atoms with E-state index in [1.165, 1.54) is 32.1 Å². The number of Topliss-reactive ketones (excluding diaryl/α,β-unsaturated/α-hetero) is 1. The molecule has 0 aliphatic heterocycles. The third-order valence-corrected chi connectivity index (χ3v) is 7.00. The van der Waals surface area contributed by atoms with Gasteiger partial charge in [0.15, 0.2) is 0 Å². The Balaban J connectivity index is 1.75. The Hall–Kier alpha value is 0.150. The van der Waals surface area contributed by atoms with Crippen molar-refractivity contribution in [3.8, 4) is 0 Å². The molecule has 0 amide bonds. The summed E-state index contributed by atoms with van der Waals surface area (Å²) in [5.74, 6) is 5.26. The largest absolute Gasteiger partial charge is 0.299 e. The molecule has 4 aliphatic carbocycles. The standard InChI is InChI=1S/C14H19BrO/c15-13-5-7-1-9-10-2-8(3-11(9)13)6-14(16)12(10)4-7/h7-13H,1-6H2/t7?,8?,9?,10?,11?,12?,13-/m0/s1. The van der Waals surface area contributed by atoms with E-state index in [9.17, 15) is 4.79 Å². The highest BCUT2D eigenvalue weighted by atomic mass is 79.9. The number of rotatable bonds is 0. The molecule has 4 saturated carbocycles. The summed E-state index contributed by atoms with van der Waals surface area (Å²) in [7, 11) is 0. The lowest BCUT2D eigenvalue weighted by Crippen LogP contribution is -2.53. The van der Waals surface area contributed by atoms with Gasteiger partial charge in [-0.05, 0) is 61.7 Å². The molecule has 88 valence electrons. The summed E-state index contributed by atoms with van der Waals surface area (Å²) in [5.41, 5.74) is 0. The van der Waals surface area contributed by atoms with Gasteiger partial charge in [-0.3, -0.25) is 4.79 Å². The van der Waals surface area contributed by atoms with Crippen LogP contribution in [0.2, 0.25) is 0 Å². The summed E-state index contributed by atoms with van der Waals surface area (Å²) in [5, 5.41) is 0. The van der Waals surface area contributed by atoms with Crippen LogP contribution in [0.15, 0.2) is 0 Å². The molecule has 7 atom stereocenters. The highest BCUT2D eigenvalue weighted by Crippen LogP contribution is 2.60. The van der Waals surface area contributed by atoms with Crippen molar-refractivity contribution >= 4 is 21.7 Å². The number of fused-ring (bicyclic) bond motifs is 2. The minimum absolute atomic E-state index is 0.475. The van der Waals surface area contributed by atoms with Gasteiger partial charge in [-0.1, -0.05) is 15.9 Å². The zero-order valence-electron chi connectivity index (χ0n) is 9.57. The Labute approximate surface area is 105 Å². The van der Waals surface area contributed by atoms with E-state index >= 15 is 0 Å². The van der Waals surface area contributed by atoms with Gasteiger partial charge in [0.1, 0.15) is 5.78 Å². The van der Waals surface area contributed by atoms with Gasteiger partial charge < -0.3 is 0 Å². The molecule has 0 spiro atoms. The van der Waals surface area contributed by atoms with Crippen molar-refractivity contribution in [1.82, 2.24) is 0 Å². The Kier molecular flexibility index (Phi) is 2.11. The van der Waals surface area contributed by atoms with Crippen molar-refractivity contribution in [3.05, 3.63) is 0 Å². The quantitative estimate of drug-likeness (QED) is 0.623. The van der Waals surface area contributed by atoms with Crippen molar-refractivity contribution in [1.29, 1.82) is 0 Å². The van der Waals surface area contributed by atoms with Crippen molar-refractivity contribution in [2.24, 2.45) is 35.5 Å². The van der Waals surface area contributed by atoms with Gasteiger partial charge in [-0.25, -0.2) is 0 Å². The molecule has 0 N–H and O–H groups in total. The number of ketones is 1. The summed E-state index contributed by atoms with van der Waals surface area (Å²) in [6.07, 6.45) is 7.63. The first-order chi connectivity index (χ1) is 7.72. The number of alkyl halides is 1. The molecule has 16 heavy (non-hydrogen) atoms. The van der Waals surface area contributed by atoms with Crippen LogP contribution in [-0.2, 0) is 4.79 Å². The van der Waals surface area contributed by atoms with Gasteiger partial charge in [0.2, 0.25) is 0 Å². The molecule has 0 aromatic carbocycles. The van der Waals surface area contributed by atoms with Crippen molar-refractivity contribution in [2.75, 3.05) is 0 Å². The zero-order valence-corrected chi connectivity index (χ0v) is 11.2. The van der Waals surface area contributed by atoms with Crippen LogP contribution in [0.3, 0.4) is 0 Å². The summed E-state index contributed by atoms with van der Waals surface area (Å²) in [6.45, 7) is 0. The van der Waals surface area contributed by atoms with Crippen molar-refractivity contribution in [3.63, 3.8) is 0 Å². The normalized spacial score (nSPS) is 58.8. The van der Waals surface area contributed by atoms with Crippen LogP contribution in [0.4, 0.5) is 0 Å². The van der Waals surface area contributed by atoms with E-state index in [4.69, 9.17) is 0 Å². The maximum atomic E-state index is 12.2. The molecule has 0 aromatic heterocycles. The fraction of sp³-hybridized carbons (Fsp3) is 0.929. The number of carbonyl (C=O) groups is 1. The molecule has 4 aliphatic rings. The number of halogens is 1. The van der Waals surface area contributed by atoms with Gasteiger partial charge in [-0.15, -0.1) is 0 Å². The van der Waals surface area contributed by atoms with Crippen molar-refractivity contribution < 1.29 is 4.79 Å².